The van der Waals surface area contributed by atoms with E-state index in [-0.39, 0.29) is 29.1 Å². The van der Waals surface area contributed by atoms with Gasteiger partial charge in [-0.25, -0.2) is 0 Å². The van der Waals surface area contributed by atoms with Crippen molar-refractivity contribution in [3.63, 3.8) is 0 Å². The molecule has 4 aromatic carbocycles. The van der Waals surface area contributed by atoms with Crippen molar-refractivity contribution in [1.82, 2.24) is 4.98 Å². The molecule has 0 saturated carbocycles. The van der Waals surface area contributed by atoms with E-state index in [9.17, 15) is 0 Å². The molecule has 0 bridgehead atoms. The van der Waals surface area contributed by atoms with E-state index in [1.807, 2.05) is 12.1 Å². The molecule has 0 aliphatic carbocycles. The Morgan fingerprint density at radius 2 is 0.977 bits per heavy atom. The van der Waals surface area contributed by atoms with Gasteiger partial charge in [0.15, 0.2) is 0 Å². The second-order valence-corrected chi connectivity index (χ2v) is 12.7. The first-order chi connectivity index (χ1) is 20.2. The van der Waals surface area contributed by atoms with Crippen molar-refractivity contribution < 1.29 is 27.0 Å². The third-order valence-corrected chi connectivity index (χ3v) is 8.36. The predicted octanol–water partition coefficient (Wildman–Crippen LogP) is 9.73. The van der Waals surface area contributed by atoms with Crippen LogP contribution in [-0.4, -0.2) is 17.4 Å². The normalized spacial score (nSPS) is 12.8. The Hall–Kier alpha value is -3.10. The van der Waals surface area contributed by atoms with Gasteiger partial charge in [-0.1, -0.05) is 157 Å². The van der Waals surface area contributed by atoms with Crippen molar-refractivity contribution in [2.24, 2.45) is 0 Å². The van der Waals surface area contributed by atoms with Gasteiger partial charge in [-0.2, -0.15) is 0 Å². The Morgan fingerprint density at radius 1 is 0.558 bits per heavy atom. The van der Waals surface area contributed by atoms with Crippen LogP contribution in [0.2, 0.25) is 0 Å². The molecular weight excluding hydrogens is 704 g/mol. The van der Waals surface area contributed by atoms with Crippen LogP contribution >= 0.6 is 0 Å². The number of hydrogen-bond donors (Lipinski definition) is 0. The van der Waals surface area contributed by atoms with Gasteiger partial charge in [0, 0.05) is 22.4 Å². The molecule has 0 amide bonds. The smallest absolute Gasteiger partial charge is 0.230 e. The van der Waals surface area contributed by atoms with Crippen LogP contribution in [-0.2, 0) is 22.4 Å². The zero-order valence-corrected chi connectivity index (χ0v) is 29.0. The molecule has 225 valence electrons. The van der Waals surface area contributed by atoms with E-state index in [0.29, 0.717) is 23.7 Å². The summed E-state index contributed by atoms with van der Waals surface area (Å²) >= 11 is 0. The SMILES string of the molecule is CC(C)c1cccc(C(C)C)c1B1[C-]=[N+](c2c(C(C)C)cccc2C(C)C)C=C1.[Au].c1ccc2c(c1)[n-]c1ccccc12. The molecule has 0 atom stereocenters. The summed E-state index contributed by atoms with van der Waals surface area (Å²) in [6, 6.07) is 30.0. The van der Waals surface area contributed by atoms with Crippen LogP contribution in [0.3, 0.4) is 0 Å². The number of para-hydroxylation sites is 3. The van der Waals surface area contributed by atoms with Crippen LogP contribution in [0.1, 0.15) is 101 Å². The molecule has 0 saturated heterocycles. The molecule has 6 rings (SSSR count). The third-order valence-electron chi connectivity index (χ3n) is 8.36. The van der Waals surface area contributed by atoms with Crippen LogP contribution < -0.4 is 10.4 Å². The van der Waals surface area contributed by atoms with Gasteiger partial charge in [0.05, 0.1) is 12.3 Å². The van der Waals surface area contributed by atoms with Crippen molar-refractivity contribution in [3.8, 4) is 0 Å². The Labute approximate surface area is 274 Å². The molecule has 2 nitrogen and oxygen atoms in total. The largest absolute Gasteiger partial charge is 0.657 e. The quantitative estimate of drug-likeness (QED) is 0.0961. The molecule has 4 heteroatoms. The Balaban J connectivity index is 0.000000250. The summed E-state index contributed by atoms with van der Waals surface area (Å²) in [5.41, 5.74) is 10.6. The fourth-order valence-electron chi connectivity index (χ4n) is 6.19. The first kappa shape index (κ1) is 32.8. The molecule has 0 unspecified atom stereocenters. The number of aromatic nitrogens is 1. The molecule has 43 heavy (non-hydrogen) atoms. The molecule has 1 aliphatic heterocycles. The minimum atomic E-state index is 0. The van der Waals surface area contributed by atoms with E-state index < -0.39 is 0 Å². The second-order valence-electron chi connectivity index (χ2n) is 12.7. The van der Waals surface area contributed by atoms with Gasteiger partial charge < -0.3 is 9.56 Å². The number of nitrogens with zero attached hydrogens (tertiary/aromatic N) is 2. The summed E-state index contributed by atoms with van der Waals surface area (Å²) in [4.78, 5) is 4.52. The number of hydrogen-bond acceptors (Lipinski definition) is 0. The standard InChI is InChI=1S/C27H36BN.C12H8N.Au/c1-18(2)22-11-9-12-23(19(3)4)26(22)28-15-16-29(17-28)27-24(20(5)6)13-10-14-25(27)21(7)8;1-3-7-11-9(5-1)10-6-2-4-8-12(10)13-11;/h9-16,18-21H,1-8H3;1-8H;/q;-1;. The molecule has 0 N–H and O–H groups in total. The summed E-state index contributed by atoms with van der Waals surface area (Å²) in [6.07, 6.45) is 6.06. The minimum Gasteiger partial charge on any atom is -0.657 e. The zero-order valence-electron chi connectivity index (χ0n) is 26.8. The number of fused-ring (bicyclic) bond motifs is 3. The molecule has 5 aromatic rings. The van der Waals surface area contributed by atoms with Gasteiger partial charge in [-0.05, 0) is 45.6 Å². The minimum absolute atomic E-state index is 0. The summed E-state index contributed by atoms with van der Waals surface area (Å²) in [7, 11) is 0. The van der Waals surface area contributed by atoms with Gasteiger partial charge in [-0.3, -0.25) is 0 Å². The number of benzene rings is 4. The van der Waals surface area contributed by atoms with Gasteiger partial charge >= 0.3 is 0 Å². The van der Waals surface area contributed by atoms with E-state index >= 15 is 0 Å². The average molecular weight is 749 g/mol. The van der Waals surface area contributed by atoms with Crippen molar-refractivity contribution in [1.29, 1.82) is 0 Å². The zero-order chi connectivity index (χ0) is 30.0. The van der Waals surface area contributed by atoms with Crippen molar-refractivity contribution in [3.05, 3.63) is 119 Å². The van der Waals surface area contributed by atoms with Crippen LogP contribution in [0.4, 0.5) is 5.69 Å². The molecule has 0 fully saturated rings. The monoisotopic (exact) mass is 748 g/mol. The summed E-state index contributed by atoms with van der Waals surface area (Å²) < 4.78 is 2.27. The summed E-state index contributed by atoms with van der Waals surface area (Å²) in [6.45, 7) is 18.5. The maximum Gasteiger partial charge on any atom is 0.230 e. The summed E-state index contributed by atoms with van der Waals surface area (Å²) in [5, 5.41) is 2.50. The summed E-state index contributed by atoms with van der Waals surface area (Å²) in [5.74, 6) is 4.29. The first-order valence-electron chi connectivity index (χ1n) is 15.6. The van der Waals surface area contributed by atoms with Crippen LogP contribution in [0.25, 0.3) is 21.8 Å². The predicted molar refractivity (Wildman–Crippen MR) is 183 cm³/mol. The maximum absolute atomic E-state index is 4.52. The Bertz CT molecular complexity index is 1650. The van der Waals surface area contributed by atoms with Crippen molar-refractivity contribution >= 4 is 45.8 Å². The van der Waals surface area contributed by atoms with E-state index in [1.54, 1.807) is 0 Å². The van der Waals surface area contributed by atoms with E-state index in [0.717, 1.165) is 11.0 Å². The second kappa shape index (κ2) is 14.1. The Morgan fingerprint density at radius 3 is 1.42 bits per heavy atom. The first-order valence-corrected chi connectivity index (χ1v) is 15.6. The van der Waals surface area contributed by atoms with Crippen molar-refractivity contribution in [2.45, 2.75) is 79.1 Å². The van der Waals surface area contributed by atoms with E-state index in [4.69, 9.17) is 0 Å². The molecule has 1 aliphatic rings. The number of rotatable bonds is 6. The fraction of sp³-hybridized carbons (Fsp3) is 0.308. The molecular formula is C39H44AuBN2-. The van der Waals surface area contributed by atoms with Crippen LogP contribution in [0, 0.1) is 0 Å². The molecule has 1 radical (unpaired) electrons. The van der Waals surface area contributed by atoms with Crippen LogP contribution in [0.5, 0.6) is 0 Å². The topological polar surface area (TPSA) is 17.1 Å². The van der Waals surface area contributed by atoms with E-state index in [1.165, 1.54) is 44.2 Å². The maximum atomic E-state index is 4.52. The molecule has 1 aromatic heterocycles. The van der Waals surface area contributed by atoms with Gasteiger partial charge in [-0.15, -0.1) is 17.0 Å². The average Bonchev–Trinajstić information content (AvgIpc) is 3.61. The van der Waals surface area contributed by atoms with Gasteiger partial charge in [0.25, 0.3) is 0 Å². The fourth-order valence-corrected chi connectivity index (χ4v) is 6.19. The molecule has 0 spiro atoms. The van der Waals surface area contributed by atoms with Gasteiger partial charge in [0.1, 0.15) is 5.69 Å². The Kier molecular flexibility index (Phi) is 10.8. The van der Waals surface area contributed by atoms with Crippen molar-refractivity contribution in [2.75, 3.05) is 0 Å². The van der Waals surface area contributed by atoms with E-state index in [2.05, 4.69) is 156 Å². The van der Waals surface area contributed by atoms with Crippen LogP contribution in [0.15, 0.2) is 97.1 Å². The third kappa shape index (κ3) is 6.85. The van der Waals surface area contributed by atoms with Gasteiger partial charge in [0.2, 0.25) is 6.71 Å². The molecule has 2 heterocycles.